The van der Waals surface area contributed by atoms with E-state index in [1.54, 1.807) is 24.3 Å². The van der Waals surface area contributed by atoms with Crippen LogP contribution in [0.25, 0.3) is 6.08 Å². The van der Waals surface area contributed by atoms with Gasteiger partial charge in [-0.3, -0.25) is 4.90 Å². The number of esters is 1. The van der Waals surface area contributed by atoms with Crippen LogP contribution in [0.5, 0.6) is 0 Å². The standard InChI is InChI=1S/C23H24Cl3NO2/c1-4-13-27(3)23(2,15-18-7-11-20(25)21(26)14-18)16-29-22(28)12-8-17-5-9-19(24)10-6-17/h4-12,14H,1,13,15-16H2,2-3H3. The SMILES string of the molecule is C=CCN(C)C(C)(COC(=O)C=Cc1ccc(Cl)cc1)Cc1ccc(Cl)c(Cl)c1. The maximum absolute atomic E-state index is 12.2. The van der Waals surface area contributed by atoms with Crippen LogP contribution in [0.2, 0.25) is 15.1 Å². The van der Waals surface area contributed by atoms with Crippen molar-refractivity contribution in [2.75, 3.05) is 20.2 Å². The van der Waals surface area contributed by atoms with Crippen molar-refractivity contribution in [1.29, 1.82) is 0 Å². The van der Waals surface area contributed by atoms with E-state index in [1.165, 1.54) is 6.08 Å². The lowest BCUT2D eigenvalue weighted by atomic mass is 9.92. The van der Waals surface area contributed by atoms with Gasteiger partial charge in [-0.25, -0.2) is 4.79 Å². The smallest absolute Gasteiger partial charge is 0.330 e. The number of likely N-dealkylation sites (N-methyl/N-ethyl adjacent to an activating group) is 1. The molecule has 2 aromatic rings. The third-order valence-corrected chi connectivity index (χ3v) is 5.69. The molecule has 0 amide bonds. The quantitative estimate of drug-likeness (QED) is 0.253. The summed E-state index contributed by atoms with van der Waals surface area (Å²) in [6.07, 6.45) is 5.55. The highest BCUT2D eigenvalue weighted by Gasteiger charge is 2.31. The van der Waals surface area contributed by atoms with Gasteiger partial charge in [0.05, 0.1) is 15.6 Å². The van der Waals surface area contributed by atoms with Gasteiger partial charge in [0.2, 0.25) is 0 Å². The summed E-state index contributed by atoms with van der Waals surface area (Å²) in [6.45, 7) is 6.70. The second-order valence-corrected chi connectivity index (χ2v) is 8.33. The van der Waals surface area contributed by atoms with E-state index < -0.39 is 11.5 Å². The summed E-state index contributed by atoms with van der Waals surface area (Å²) in [7, 11) is 1.97. The summed E-state index contributed by atoms with van der Waals surface area (Å²) < 4.78 is 5.56. The van der Waals surface area contributed by atoms with Gasteiger partial charge in [0.15, 0.2) is 0 Å². The van der Waals surface area contributed by atoms with Crippen molar-refractivity contribution in [3.8, 4) is 0 Å². The van der Waals surface area contributed by atoms with Crippen LogP contribution in [0.1, 0.15) is 18.1 Å². The van der Waals surface area contributed by atoms with E-state index in [4.69, 9.17) is 39.5 Å². The van der Waals surface area contributed by atoms with E-state index in [2.05, 4.69) is 11.5 Å². The molecule has 0 aromatic heterocycles. The van der Waals surface area contributed by atoms with Crippen LogP contribution in [-0.4, -0.2) is 36.6 Å². The van der Waals surface area contributed by atoms with E-state index in [-0.39, 0.29) is 6.61 Å². The van der Waals surface area contributed by atoms with E-state index in [1.807, 2.05) is 44.3 Å². The molecule has 29 heavy (non-hydrogen) atoms. The Morgan fingerprint density at radius 1 is 1.14 bits per heavy atom. The fourth-order valence-electron chi connectivity index (χ4n) is 2.81. The highest BCUT2D eigenvalue weighted by atomic mass is 35.5. The first-order chi connectivity index (χ1) is 13.7. The monoisotopic (exact) mass is 451 g/mol. The van der Waals surface area contributed by atoms with Crippen molar-refractivity contribution >= 4 is 46.8 Å². The van der Waals surface area contributed by atoms with Crippen molar-refractivity contribution in [3.05, 3.63) is 87.4 Å². The molecule has 0 aliphatic heterocycles. The Morgan fingerprint density at radius 2 is 1.83 bits per heavy atom. The maximum Gasteiger partial charge on any atom is 0.330 e. The van der Waals surface area contributed by atoms with Gasteiger partial charge in [-0.1, -0.05) is 59.1 Å². The summed E-state index contributed by atoms with van der Waals surface area (Å²) in [5, 5.41) is 1.66. The molecule has 0 spiro atoms. The van der Waals surface area contributed by atoms with Crippen LogP contribution in [0.15, 0.2) is 61.2 Å². The summed E-state index contributed by atoms with van der Waals surface area (Å²) in [5.41, 5.74) is 1.43. The van der Waals surface area contributed by atoms with E-state index in [0.29, 0.717) is 28.0 Å². The molecule has 0 saturated heterocycles. The maximum atomic E-state index is 12.2. The van der Waals surface area contributed by atoms with Crippen molar-refractivity contribution in [1.82, 2.24) is 4.90 Å². The fraction of sp³-hybridized carbons (Fsp3) is 0.261. The summed E-state index contributed by atoms with van der Waals surface area (Å²) in [6, 6.07) is 12.7. The van der Waals surface area contributed by atoms with Crippen molar-refractivity contribution < 1.29 is 9.53 Å². The number of nitrogens with zero attached hydrogens (tertiary/aromatic N) is 1. The normalized spacial score (nSPS) is 13.4. The molecule has 154 valence electrons. The predicted octanol–water partition coefficient (Wildman–Crippen LogP) is 6.32. The highest BCUT2D eigenvalue weighted by molar-refractivity contribution is 6.42. The van der Waals surface area contributed by atoms with Gasteiger partial charge >= 0.3 is 5.97 Å². The third kappa shape index (κ3) is 7.20. The lowest BCUT2D eigenvalue weighted by Gasteiger charge is -2.38. The van der Waals surface area contributed by atoms with Crippen LogP contribution < -0.4 is 0 Å². The van der Waals surface area contributed by atoms with Gasteiger partial charge in [-0.2, -0.15) is 0 Å². The summed E-state index contributed by atoms with van der Waals surface area (Å²) in [5.74, 6) is -0.410. The minimum Gasteiger partial charge on any atom is -0.461 e. The van der Waals surface area contributed by atoms with Crippen molar-refractivity contribution in [3.63, 3.8) is 0 Å². The van der Waals surface area contributed by atoms with Gasteiger partial charge in [-0.15, -0.1) is 6.58 Å². The van der Waals surface area contributed by atoms with Crippen LogP contribution in [0, 0.1) is 0 Å². The minimum absolute atomic E-state index is 0.210. The largest absolute Gasteiger partial charge is 0.461 e. The second kappa shape index (κ2) is 10.8. The van der Waals surface area contributed by atoms with E-state index >= 15 is 0 Å². The average Bonchev–Trinajstić information content (AvgIpc) is 2.69. The van der Waals surface area contributed by atoms with Gasteiger partial charge in [0.1, 0.15) is 6.61 Å². The number of ether oxygens (including phenoxy) is 1. The van der Waals surface area contributed by atoms with E-state index in [9.17, 15) is 4.79 Å². The lowest BCUT2D eigenvalue weighted by Crippen LogP contribution is -2.49. The number of hydrogen-bond donors (Lipinski definition) is 0. The Balaban J connectivity index is 2.08. The van der Waals surface area contributed by atoms with Crippen LogP contribution in [0.3, 0.4) is 0 Å². The Labute approximate surface area is 187 Å². The average molecular weight is 453 g/mol. The number of halogens is 3. The molecule has 0 N–H and O–H groups in total. The molecule has 0 bridgehead atoms. The number of carbonyl (C=O) groups is 1. The molecular formula is C23H24Cl3NO2. The molecule has 2 rings (SSSR count). The number of hydrogen-bond acceptors (Lipinski definition) is 3. The zero-order chi connectivity index (χ0) is 21.4. The van der Waals surface area contributed by atoms with Gasteiger partial charge in [0.25, 0.3) is 0 Å². The summed E-state index contributed by atoms with van der Waals surface area (Å²) >= 11 is 18.0. The van der Waals surface area contributed by atoms with Crippen LogP contribution in [-0.2, 0) is 16.0 Å². The molecule has 0 fully saturated rings. The molecule has 0 radical (unpaired) electrons. The Morgan fingerprint density at radius 3 is 2.45 bits per heavy atom. The molecule has 1 atom stereocenters. The zero-order valence-electron chi connectivity index (χ0n) is 16.5. The first-order valence-corrected chi connectivity index (χ1v) is 10.2. The Kier molecular flexibility index (Phi) is 8.79. The van der Waals surface area contributed by atoms with Crippen LogP contribution in [0.4, 0.5) is 0 Å². The van der Waals surface area contributed by atoms with Gasteiger partial charge in [-0.05, 0) is 61.9 Å². The Hall–Kier alpha value is -1.78. The first kappa shape index (κ1) is 23.5. The lowest BCUT2D eigenvalue weighted by molar-refractivity contribution is -0.141. The zero-order valence-corrected chi connectivity index (χ0v) is 18.8. The summed E-state index contributed by atoms with van der Waals surface area (Å²) in [4.78, 5) is 14.3. The molecule has 2 aromatic carbocycles. The number of rotatable bonds is 9. The minimum atomic E-state index is -0.449. The van der Waals surface area contributed by atoms with Crippen molar-refractivity contribution in [2.45, 2.75) is 18.9 Å². The second-order valence-electron chi connectivity index (χ2n) is 7.08. The molecular weight excluding hydrogens is 429 g/mol. The molecule has 6 heteroatoms. The molecule has 3 nitrogen and oxygen atoms in total. The molecule has 0 heterocycles. The highest BCUT2D eigenvalue weighted by Crippen LogP contribution is 2.27. The van der Waals surface area contributed by atoms with Crippen molar-refractivity contribution in [2.24, 2.45) is 0 Å². The number of benzene rings is 2. The predicted molar refractivity (Wildman–Crippen MR) is 123 cm³/mol. The van der Waals surface area contributed by atoms with E-state index in [0.717, 1.165) is 11.1 Å². The Bertz CT molecular complexity index is 880. The van der Waals surface area contributed by atoms with Gasteiger partial charge in [0, 0.05) is 17.6 Å². The molecule has 1 unspecified atom stereocenters. The molecule has 0 aliphatic carbocycles. The van der Waals surface area contributed by atoms with Crippen LogP contribution >= 0.6 is 34.8 Å². The third-order valence-electron chi connectivity index (χ3n) is 4.70. The molecule has 0 saturated carbocycles. The first-order valence-electron chi connectivity index (χ1n) is 9.10. The topological polar surface area (TPSA) is 29.5 Å². The number of carbonyl (C=O) groups excluding carboxylic acids is 1. The fourth-order valence-corrected chi connectivity index (χ4v) is 3.26. The molecule has 0 aliphatic rings. The van der Waals surface area contributed by atoms with Gasteiger partial charge < -0.3 is 4.74 Å².